The SMILES string of the molecule is CC(C)(C)CC(C)(C)N1CC2COCC2C1. The number of likely N-dealkylation sites (tertiary alicyclic amines) is 1. The molecule has 0 N–H and O–H groups in total. The maximum absolute atomic E-state index is 5.55. The van der Waals surface area contributed by atoms with Crippen LogP contribution < -0.4 is 0 Å². The first-order valence-electron chi connectivity index (χ1n) is 6.61. The van der Waals surface area contributed by atoms with E-state index in [9.17, 15) is 0 Å². The monoisotopic (exact) mass is 225 g/mol. The Morgan fingerprint density at radius 3 is 1.94 bits per heavy atom. The minimum atomic E-state index is 0.336. The number of hydrogen-bond donors (Lipinski definition) is 0. The Kier molecular flexibility index (Phi) is 3.09. The lowest BCUT2D eigenvalue weighted by Gasteiger charge is -2.40. The highest BCUT2D eigenvalue weighted by molar-refractivity contribution is 4.95. The molecular formula is C14H27NO. The van der Waals surface area contributed by atoms with Crippen molar-refractivity contribution in [2.24, 2.45) is 17.3 Å². The lowest BCUT2D eigenvalue weighted by Crippen LogP contribution is -2.45. The molecule has 0 bridgehead atoms. The Labute approximate surface area is 100 Å². The molecule has 2 nitrogen and oxygen atoms in total. The Balaban J connectivity index is 1.97. The molecule has 0 spiro atoms. The van der Waals surface area contributed by atoms with Crippen LogP contribution in [0.1, 0.15) is 41.0 Å². The van der Waals surface area contributed by atoms with E-state index in [2.05, 4.69) is 39.5 Å². The van der Waals surface area contributed by atoms with Crippen LogP contribution in [0.5, 0.6) is 0 Å². The van der Waals surface area contributed by atoms with Crippen LogP contribution in [-0.2, 0) is 4.74 Å². The summed E-state index contributed by atoms with van der Waals surface area (Å²) < 4.78 is 5.55. The van der Waals surface area contributed by atoms with Crippen molar-refractivity contribution in [2.75, 3.05) is 26.3 Å². The second kappa shape index (κ2) is 3.99. The third kappa shape index (κ3) is 2.60. The first-order chi connectivity index (χ1) is 7.28. The summed E-state index contributed by atoms with van der Waals surface area (Å²) in [5.41, 5.74) is 0.750. The first kappa shape index (κ1) is 12.4. The van der Waals surface area contributed by atoms with Gasteiger partial charge >= 0.3 is 0 Å². The summed E-state index contributed by atoms with van der Waals surface area (Å²) >= 11 is 0. The van der Waals surface area contributed by atoms with Crippen LogP contribution in [0, 0.1) is 17.3 Å². The third-order valence-electron chi connectivity index (χ3n) is 4.06. The second-order valence-electron chi connectivity index (χ2n) is 7.51. The maximum atomic E-state index is 5.55. The Bertz CT molecular complexity index is 242. The Morgan fingerprint density at radius 1 is 1.00 bits per heavy atom. The van der Waals surface area contributed by atoms with Gasteiger partial charge in [0.25, 0.3) is 0 Å². The molecule has 2 aliphatic heterocycles. The highest BCUT2D eigenvalue weighted by Gasteiger charge is 2.43. The van der Waals surface area contributed by atoms with Gasteiger partial charge in [-0.15, -0.1) is 0 Å². The second-order valence-corrected chi connectivity index (χ2v) is 7.51. The van der Waals surface area contributed by atoms with Crippen molar-refractivity contribution in [3.63, 3.8) is 0 Å². The highest BCUT2D eigenvalue weighted by Crippen LogP contribution is 2.38. The molecule has 2 fully saturated rings. The smallest absolute Gasteiger partial charge is 0.0510 e. The molecule has 2 heterocycles. The Hall–Kier alpha value is -0.0800. The molecule has 0 amide bonds. The molecule has 0 radical (unpaired) electrons. The molecule has 2 atom stereocenters. The van der Waals surface area contributed by atoms with Crippen LogP contribution >= 0.6 is 0 Å². The molecule has 0 aromatic rings. The fourth-order valence-electron chi connectivity index (χ4n) is 3.59. The summed E-state index contributed by atoms with van der Waals surface area (Å²) in [6.45, 7) is 16.3. The summed E-state index contributed by atoms with van der Waals surface area (Å²) in [6.07, 6.45) is 1.26. The number of hydrogen-bond acceptors (Lipinski definition) is 2. The summed E-state index contributed by atoms with van der Waals surface area (Å²) in [6, 6.07) is 0. The van der Waals surface area contributed by atoms with Crippen LogP contribution in [0.2, 0.25) is 0 Å². The largest absolute Gasteiger partial charge is 0.381 e. The van der Waals surface area contributed by atoms with Gasteiger partial charge in [-0.1, -0.05) is 20.8 Å². The van der Waals surface area contributed by atoms with Gasteiger partial charge in [-0.25, -0.2) is 0 Å². The van der Waals surface area contributed by atoms with Gasteiger partial charge in [-0.2, -0.15) is 0 Å². The molecule has 2 saturated heterocycles. The zero-order valence-corrected chi connectivity index (χ0v) is 11.5. The van der Waals surface area contributed by atoms with Crippen LogP contribution in [0.25, 0.3) is 0 Å². The quantitative estimate of drug-likeness (QED) is 0.716. The number of ether oxygens (including phenoxy) is 1. The van der Waals surface area contributed by atoms with Crippen LogP contribution in [0.3, 0.4) is 0 Å². The zero-order chi connectivity index (χ0) is 12.0. The molecule has 2 heteroatoms. The van der Waals surface area contributed by atoms with Crippen molar-refractivity contribution >= 4 is 0 Å². The highest BCUT2D eigenvalue weighted by atomic mass is 16.5. The van der Waals surface area contributed by atoms with E-state index in [1.807, 2.05) is 0 Å². The van der Waals surface area contributed by atoms with Gasteiger partial charge in [-0.05, 0) is 25.7 Å². The molecule has 94 valence electrons. The summed E-state index contributed by atoms with van der Waals surface area (Å²) in [5, 5.41) is 0. The van der Waals surface area contributed by atoms with Gasteiger partial charge in [0.1, 0.15) is 0 Å². The molecule has 0 aromatic carbocycles. The summed E-state index contributed by atoms with van der Waals surface area (Å²) in [5.74, 6) is 1.61. The average Bonchev–Trinajstić information content (AvgIpc) is 2.54. The van der Waals surface area contributed by atoms with E-state index < -0.39 is 0 Å². The predicted molar refractivity (Wildman–Crippen MR) is 67.5 cm³/mol. The van der Waals surface area contributed by atoms with Crippen LogP contribution in [0.4, 0.5) is 0 Å². The van der Waals surface area contributed by atoms with Crippen molar-refractivity contribution < 1.29 is 4.74 Å². The maximum Gasteiger partial charge on any atom is 0.0510 e. The molecule has 0 saturated carbocycles. The van der Waals surface area contributed by atoms with Crippen molar-refractivity contribution in [3.8, 4) is 0 Å². The zero-order valence-electron chi connectivity index (χ0n) is 11.5. The van der Waals surface area contributed by atoms with E-state index in [1.54, 1.807) is 0 Å². The molecule has 2 rings (SSSR count). The third-order valence-corrected chi connectivity index (χ3v) is 4.06. The fraction of sp³-hybridized carbons (Fsp3) is 1.00. The van der Waals surface area contributed by atoms with Crippen LogP contribution in [-0.4, -0.2) is 36.7 Å². The van der Waals surface area contributed by atoms with Crippen molar-refractivity contribution in [3.05, 3.63) is 0 Å². The summed E-state index contributed by atoms with van der Waals surface area (Å²) in [4.78, 5) is 2.69. The molecule has 0 aromatic heterocycles. The van der Waals surface area contributed by atoms with E-state index in [4.69, 9.17) is 4.74 Å². The molecular weight excluding hydrogens is 198 g/mol. The van der Waals surface area contributed by atoms with Gasteiger partial charge in [0.15, 0.2) is 0 Å². The normalized spacial score (nSPS) is 32.1. The van der Waals surface area contributed by atoms with Crippen molar-refractivity contribution in [2.45, 2.75) is 46.6 Å². The molecule has 16 heavy (non-hydrogen) atoms. The van der Waals surface area contributed by atoms with Crippen molar-refractivity contribution in [1.29, 1.82) is 0 Å². The van der Waals surface area contributed by atoms with E-state index in [0.717, 1.165) is 25.0 Å². The van der Waals surface area contributed by atoms with Gasteiger partial charge in [-0.3, -0.25) is 4.90 Å². The molecule has 2 aliphatic rings. The van der Waals surface area contributed by atoms with E-state index >= 15 is 0 Å². The van der Waals surface area contributed by atoms with E-state index in [0.29, 0.717) is 11.0 Å². The lowest BCUT2D eigenvalue weighted by atomic mass is 9.81. The lowest BCUT2D eigenvalue weighted by molar-refractivity contribution is 0.0742. The minimum absolute atomic E-state index is 0.336. The van der Waals surface area contributed by atoms with Crippen molar-refractivity contribution in [1.82, 2.24) is 4.90 Å². The molecule has 2 unspecified atom stereocenters. The van der Waals surface area contributed by atoms with E-state index in [-0.39, 0.29) is 0 Å². The number of fused-ring (bicyclic) bond motifs is 1. The molecule has 0 aliphatic carbocycles. The number of rotatable bonds is 2. The minimum Gasteiger partial charge on any atom is -0.381 e. The van der Waals surface area contributed by atoms with E-state index in [1.165, 1.54) is 19.5 Å². The average molecular weight is 225 g/mol. The topological polar surface area (TPSA) is 12.5 Å². The van der Waals surface area contributed by atoms with Gasteiger partial charge in [0.2, 0.25) is 0 Å². The Morgan fingerprint density at radius 2 is 1.50 bits per heavy atom. The van der Waals surface area contributed by atoms with Gasteiger partial charge in [0.05, 0.1) is 13.2 Å². The predicted octanol–water partition coefficient (Wildman–Crippen LogP) is 2.78. The first-order valence-corrected chi connectivity index (χ1v) is 6.61. The van der Waals surface area contributed by atoms with Crippen LogP contribution in [0.15, 0.2) is 0 Å². The fourth-order valence-corrected chi connectivity index (χ4v) is 3.59. The number of nitrogens with zero attached hydrogens (tertiary/aromatic N) is 1. The summed E-state index contributed by atoms with van der Waals surface area (Å²) in [7, 11) is 0. The van der Waals surface area contributed by atoms with Gasteiger partial charge < -0.3 is 4.74 Å². The standard InChI is InChI=1S/C14H27NO/c1-13(2,3)10-14(4,5)15-6-11-8-16-9-12(11)7-15/h11-12H,6-10H2,1-5H3. The van der Waals surface area contributed by atoms with Gasteiger partial charge in [0, 0.05) is 30.5 Å².